The van der Waals surface area contributed by atoms with Crippen LogP contribution in [0, 0.1) is 0 Å². The number of aromatic nitrogens is 3. The number of nitrogens with zero attached hydrogens (tertiary/aromatic N) is 3. The number of amides is 1. The highest BCUT2D eigenvalue weighted by Crippen LogP contribution is 2.23. The third kappa shape index (κ3) is 2.80. The van der Waals surface area contributed by atoms with Crippen LogP contribution in [-0.4, -0.2) is 27.2 Å². The highest BCUT2D eigenvalue weighted by molar-refractivity contribution is 5.84. The van der Waals surface area contributed by atoms with Crippen LogP contribution in [0.2, 0.25) is 0 Å². The zero-order valence-corrected chi connectivity index (χ0v) is 12.0. The molecule has 0 saturated carbocycles. The molecule has 1 atom stereocenters. The summed E-state index contributed by atoms with van der Waals surface area (Å²) in [6.45, 7) is 4.72. The maximum atomic E-state index is 12.4. The van der Waals surface area contributed by atoms with E-state index in [9.17, 15) is 4.79 Å². The third-order valence-electron chi connectivity index (χ3n) is 3.87. The number of aryl methyl sites for hydroxylation is 1. The van der Waals surface area contributed by atoms with E-state index in [0.717, 1.165) is 24.5 Å². The molecule has 6 heteroatoms. The van der Waals surface area contributed by atoms with E-state index in [4.69, 9.17) is 0 Å². The number of hydrogen-bond acceptors (Lipinski definition) is 4. The Kier molecular flexibility index (Phi) is 3.96. The van der Waals surface area contributed by atoms with E-state index in [1.807, 2.05) is 29.7 Å². The standard InChI is InChI=1S/C15H19N5O/c1-2-20-10-18-19-14(20)9-17-15(21)13-8-16-7-11-5-3-4-6-12(11)13/h3-6,10,13,16H,2,7-9H2,1H3,(H,17,21). The van der Waals surface area contributed by atoms with Gasteiger partial charge in [-0.2, -0.15) is 0 Å². The van der Waals surface area contributed by atoms with Gasteiger partial charge in [0.05, 0.1) is 12.5 Å². The number of benzene rings is 1. The molecule has 0 saturated heterocycles. The summed E-state index contributed by atoms with van der Waals surface area (Å²) >= 11 is 0. The van der Waals surface area contributed by atoms with E-state index in [-0.39, 0.29) is 11.8 Å². The molecule has 1 aromatic carbocycles. The first-order valence-electron chi connectivity index (χ1n) is 7.22. The molecule has 1 aliphatic heterocycles. The zero-order chi connectivity index (χ0) is 14.7. The third-order valence-corrected chi connectivity index (χ3v) is 3.87. The predicted octanol–water partition coefficient (Wildman–Crippen LogP) is 0.801. The van der Waals surface area contributed by atoms with Gasteiger partial charge in [0.25, 0.3) is 0 Å². The fourth-order valence-electron chi connectivity index (χ4n) is 2.70. The summed E-state index contributed by atoms with van der Waals surface area (Å²) in [4.78, 5) is 12.4. The van der Waals surface area contributed by atoms with E-state index in [0.29, 0.717) is 13.1 Å². The van der Waals surface area contributed by atoms with Crippen molar-refractivity contribution >= 4 is 5.91 Å². The van der Waals surface area contributed by atoms with Crippen molar-refractivity contribution in [3.8, 4) is 0 Å². The van der Waals surface area contributed by atoms with Crippen molar-refractivity contribution in [2.75, 3.05) is 6.54 Å². The van der Waals surface area contributed by atoms with Crippen LogP contribution in [0.5, 0.6) is 0 Å². The van der Waals surface area contributed by atoms with Crippen molar-refractivity contribution in [2.24, 2.45) is 0 Å². The fourth-order valence-corrected chi connectivity index (χ4v) is 2.70. The molecular weight excluding hydrogens is 266 g/mol. The lowest BCUT2D eigenvalue weighted by atomic mass is 9.90. The van der Waals surface area contributed by atoms with Crippen LogP contribution >= 0.6 is 0 Å². The minimum Gasteiger partial charge on any atom is -0.348 e. The van der Waals surface area contributed by atoms with Crippen molar-refractivity contribution in [2.45, 2.75) is 32.5 Å². The molecule has 21 heavy (non-hydrogen) atoms. The topological polar surface area (TPSA) is 71.8 Å². The van der Waals surface area contributed by atoms with Gasteiger partial charge in [-0.25, -0.2) is 0 Å². The zero-order valence-electron chi connectivity index (χ0n) is 12.0. The van der Waals surface area contributed by atoms with Crippen LogP contribution in [0.1, 0.15) is 29.8 Å². The number of fused-ring (bicyclic) bond motifs is 1. The summed E-state index contributed by atoms with van der Waals surface area (Å²) in [5, 5.41) is 14.2. The van der Waals surface area contributed by atoms with Crippen LogP contribution < -0.4 is 10.6 Å². The highest BCUT2D eigenvalue weighted by Gasteiger charge is 2.25. The molecule has 1 aromatic heterocycles. The van der Waals surface area contributed by atoms with Gasteiger partial charge in [0.15, 0.2) is 5.82 Å². The Labute approximate surface area is 123 Å². The second-order valence-corrected chi connectivity index (χ2v) is 5.13. The molecule has 0 radical (unpaired) electrons. The normalized spacial score (nSPS) is 17.3. The first-order chi connectivity index (χ1) is 10.3. The first kappa shape index (κ1) is 13.8. The minimum absolute atomic E-state index is 0.0281. The van der Waals surface area contributed by atoms with E-state index in [1.54, 1.807) is 6.33 Å². The molecule has 2 N–H and O–H groups in total. The predicted molar refractivity (Wildman–Crippen MR) is 78.4 cm³/mol. The molecule has 1 aliphatic rings. The Bertz CT molecular complexity index is 636. The second-order valence-electron chi connectivity index (χ2n) is 5.13. The Morgan fingerprint density at radius 2 is 2.33 bits per heavy atom. The number of carbonyl (C=O) groups is 1. The van der Waals surface area contributed by atoms with Gasteiger partial charge in [0.2, 0.25) is 5.91 Å². The second kappa shape index (κ2) is 6.05. The molecule has 0 spiro atoms. The first-order valence-corrected chi connectivity index (χ1v) is 7.22. The van der Waals surface area contributed by atoms with Crippen LogP contribution in [0.15, 0.2) is 30.6 Å². The number of rotatable bonds is 4. The molecule has 0 bridgehead atoms. The quantitative estimate of drug-likeness (QED) is 0.871. The van der Waals surface area contributed by atoms with E-state index < -0.39 is 0 Å². The average Bonchev–Trinajstić information content (AvgIpc) is 2.99. The van der Waals surface area contributed by atoms with Crippen molar-refractivity contribution in [1.82, 2.24) is 25.4 Å². The van der Waals surface area contributed by atoms with Crippen molar-refractivity contribution < 1.29 is 4.79 Å². The summed E-state index contributed by atoms with van der Waals surface area (Å²) in [7, 11) is 0. The monoisotopic (exact) mass is 285 g/mol. The Hall–Kier alpha value is -2.21. The average molecular weight is 285 g/mol. The lowest BCUT2D eigenvalue weighted by Crippen LogP contribution is -2.39. The van der Waals surface area contributed by atoms with Gasteiger partial charge in [-0.15, -0.1) is 10.2 Å². The molecule has 110 valence electrons. The van der Waals surface area contributed by atoms with Crippen molar-refractivity contribution in [3.05, 3.63) is 47.5 Å². The fraction of sp³-hybridized carbons (Fsp3) is 0.400. The maximum Gasteiger partial charge on any atom is 0.229 e. The van der Waals surface area contributed by atoms with Gasteiger partial charge < -0.3 is 15.2 Å². The maximum absolute atomic E-state index is 12.4. The van der Waals surface area contributed by atoms with Crippen molar-refractivity contribution in [1.29, 1.82) is 0 Å². The lowest BCUT2D eigenvalue weighted by molar-refractivity contribution is -0.122. The summed E-state index contributed by atoms with van der Waals surface area (Å²) in [5.41, 5.74) is 2.31. The molecule has 0 fully saturated rings. The molecule has 1 amide bonds. The van der Waals surface area contributed by atoms with E-state index >= 15 is 0 Å². The van der Waals surface area contributed by atoms with Crippen molar-refractivity contribution in [3.63, 3.8) is 0 Å². The molecule has 2 heterocycles. The van der Waals surface area contributed by atoms with Crippen LogP contribution in [0.25, 0.3) is 0 Å². The number of hydrogen-bond donors (Lipinski definition) is 2. The van der Waals surface area contributed by atoms with Crippen LogP contribution in [-0.2, 0) is 24.4 Å². The van der Waals surface area contributed by atoms with Gasteiger partial charge in [-0.1, -0.05) is 24.3 Å². The molecule has 3 rings (SSSR count). The summed E-state index contributed by atoms with van der Waals surface area (Å²) in [6, 6.07) is 8.09. The largest absolute Gasteiger partial charge is 0.348 e. The van der Waals surface area contributed by atoms with Crippen LogP contribution in [0.3, 0.4) is 0 Å². The SMILES string of the molecule is CCn1cnnc1CNC(=O)C1CNCc2ccccc21. The summed E-state index contributed by atoms with van der Waals surface area (Å²) in [6.07, 6.45) is 1.68. The Morgan fingerprint density at radius 1 is 1.48 bits per heavy atom. The molecule has 1 unspecified atom stereocenters. The summed E-state index contributed by atoms with van der Waals surface area (Å²) in [5.74, 6) is 0.663. The molecule has 0 aliphatic carbocycles. The van der Waals surface area contributed by atoms with Gasteiger partial charge in [0, 0.05) is 19.6 Å². The molecular formula is C15H19N5O. The number of carbonyl (C=O) groups excluding carboxylic acids is 1. The van der Waals surface area contributed by atoms with Gasteiger partial charge in [-0.3, -0.25) is 4.79 Å². The molecule has 6 nitrogen and oxygen atoms in total. The van der Waals surface area contributed by atoms with E-state index in [1.165, 1.54) is 5.56 Å². The van der Waals surface area contributed by atoms with Gasteiger partial charge in [-0.05, 0) is 18.1 Å². The van der Waals surface area contributed by atoms with E-state index in [2.05, 4.69) is 26.9 Å². The lowest BCUT2D eigenvalue weighted by Gasteiger charge is -2.25. The minimum atomic E-state index is -0.145. The van der Waals surface area contributed by atoms with Crippen LogP contribution in [0.4, 0.5) is 0 Å². The smallest absolute Gasteiger partial charge is 0.229 e. The number of nitrogens with one attached hydrogen (secondary N) is 2. The Balaban J connectivity index is 1.69. The molecule has 2 aromatic rings. The van der Waals surface area contributed by atoms with Gasteiger partial charge in [0.1, 0.15) is 6.33 Å². The van der Waals surface area contributed by atoms with Gasteiger partial charge >= 0.3 is 0 Å². The summed E-state index contributed by atoms with van der Waals surface area (Å²) < 4.78 is 1.92. The highest BCUT2D eigenvalue weighted by atomic mass is 16.1. The Morgan fingerprint density at radius 3 is 3.19 bits per heavy atom.